The molecule has 0 aliphatic carbocycles. The largest absolute Gasteiger partial charge is 0.479 e. The van der Waals surface area contributed by atoms with Crippen LogP contribution in [0.25, 0.3) is 11.8 Å². The lowest BCUT2D eigenvalue weighted by Crippen LogP contribution is -2.40. The molecule has 0 unspecified atom stereocenters. The molecular formula is C30H21Cl3N2O6S. The third-order valence-electron chi connectivity index (χ3n) is 6.22. The van der Waals surface area contributed by atoms with Crippen LogP contribution in [-0.4, -0.2) is 34.8 Å². The Bertz CT molecular complexity index is 1880. The van der Waals surface area contributed by atoms with Crippen LogP contribution in [0.4, 0.5) is 0 Å². The number of benzene rings is 3. The van der Waals surface area contributed by atoms with Gasteiger partial charge in [0.15, 0.2) is 17.2 Å². The summed E-state index contributed by atoms with van der Waals surface area (Å²) >= 11 is 19.9. The number of carboxylic acids is 1. The average Bonchev–Trinajstić information content (AvgIpc) is 3.26. The minimum atomic E-state index is -1.18. The van der Waals surface area contributed by atoms with Crippen LogP contribution in [0.5, 0.6) is 5.75 Å². The summed E-state index contributed by atoms with van der Waals surface area (Å²) in [5.41, 5.74) is 2.03. The van der Waals surface area contributed by atoms with E-state index in [0.717, 1.165) is 11.3 Å². The number of aromatic nitrogens is 1. The van der Waals surface area contributed by atoms with Gasteiger partial charge in [-0.05, 0) is 48.4 Å². The zero-order valence-corrected chi connectivity index (χ0v) is 24.9. The summed E-state index contributed by atoms with van der Waals surface area (Å²) in [6.07, 6.45) is 1.59. The smallest absolute Gasteiger partial charge is 0.341 e. The normalized spacial score (nSPS) is 14.8. The highest BCUT2D eigenvalue weighted by molar-refractivity contribution is 7.07. The first-order valence-electron chi connectivity index (χ1n) is 12.6. The highest BCUT2D eigenvalue weighted by Gasteiger charge is 2.35. The standard InChI is InChI=1S/C30H21Cl3N2O6S/c1-2-40-29(39)24-25(17-6-4-3-5-7-17)34-30-35(26(24)18-8-10-19(31)11-9-18)28(38)22(42-30)14-16-12-20(32)27(21(33)13-16)41-15-23(36)37/h3-14,26H,2,15H2,1H3,(H,36,37)/b22-14-/t26-/m1/s1. The predicted octanol–water partition coefficient (Wildman–Crippen LogP) is 5.36. The second-order valence-electron chi connectivity index (χ2n) is 8.98. The fourth-order valence-corrected chi connectivity index (χ4v) is 6.23. The zero-order chi connectivity index (χ0) is 30.0. The Morgan fingerprint density at radius 1 is 1.05 bits per heavy atom. The monoisotopic (exact) mass is 642 g/mol. The van der Waals surface area contributed by atoms with Crippen LogP contribution in [0.3, 0.4) is 0 Å². The summed E-state index contributed by atoms with van der Waals surface area (Å²) in [6, 6.07) is 18.3. The van der Waals surface area contributed by atoms with Crippen molar-refractivity contribution < 1.29 is 24.2 Å². The molecule has 0 saturated heterocycles. The van der Waals surface area contributed by atoms with Gasteiger partial charge in [0.1, 0.15) is 0 Å². The molecule has 12 heteroatoms. The fourth-order valence-electron chi connectivity index (χ4n) is 4.49. The molecule has 0 spiro atoms. The van der Waals surface area contributed by atoms with Crippen molar-refractivity contribution in [2.45, 2.75) is 13.0 Å². The van der Waals surface area contributed by atoms with Crippen molar-refractivity contribution in [3.05, 3.63) is 124 Å². The number of fused-ring (bicyclic) bond motifs is 1. The SMILES string of the molecule is CCOC(=O)C1=C(c2ccccc2)N=c2s/c(=C\c3cc(Cl)c(OCC(=O)O)c(Cl)c3)c(=O)n2[C@@H]1c1ccc(Cl)cc1. The lowest BCUT2D eigenvalue weighted by Gasteiger charge is -2.25. The molecule has 0 radical (unpaired) electrons. The van der Waals surface area contributed by atoms with Gasteiger partial charge in [0, 0.05) is 10.6 Å². The number of carbonyl (C=O) groups is 2. The molecule has 4 aromatic rings. The Morgan fingerprint density at radius 2 is 1.71 bits per heavy atom. The maximum absolute atomic E-state index is 14.0. The highest BCUT2D eigenvalue weighted by Crippen LogP contribution is 2.36. The second kappa shape index (κ2) is 12.5. The van der Waals surface area contributed by atoms with E-state index in [4.69, 9.17) is 54.4 Å². The number of aliphatic carboxylic acids is 1. The molecule has 0 fully saturated rings. The molecule has 8 nitrogen and oxygen atoms in total. The number of carbonyl (C=O) groups excluding carboxylic acids is 1. The van der Waals surface area contributed by atoms with Crippen molar-refractivity contribution in [3.8, 4) is 5.75 Å². The van der Waals surface area contributed by atoms with Crippen LogP contribution in [0.15, 0.2) is 82.1 Å². The maximum Gasteiger partial charge on any atom is 0.341 e. The van der Waals surface area contributed by atoms with Gasteiger partial charge in [-0.15, -0.1) is 0 Å². The quantitative estimate of drug-likeness (QED) is 0.259. The number of ether oxygens (including phenoxy) is 2. The van der Waals surface area contributed by atoms with Crippen LogP contribution in [-0.2, 0) is 14.3 Å². The van der Waals surface area contributed by atoms with Gasteiger partial charge in [0.05, 0.1) is 38.5 Å². The van der Waals surface area contributed by atoms with Crippen molar-refractivity contribution in [1.82, 2.24) is 4.57 Å². The zero-order valence-electron chi connectivity index (χ0n) is 21.8. The number of rotatable bonds is 8. The Morgan fingerprint density at radius 3 is 2.33 bits per heavy atom. The summed E-state index contributed by atoms with van der Waals surface area (Å²) in [5, 5.41) is 9.57. The van der Waals surface area contributed by atoms with E-state index in [-0.39, 0.29) is 28.0 Å². The van der Waals surface area contributed by atoms with Gasteiger partial charge in [-0.2, -0.15) is 0 Å². The van der Waals surface area contributed by atoms with Crippen LogP contribution >= 0.6 is 46.1 Å². The number of esters is 1. The minimum Gasteiger partial charge on any atom is -0.479 e. The molecule has 1 aliphatic heterocycles. The average molecular weight is 644 g/mol. The maximum atomic E-state index is 14.0. The molecule has 3 aromatic carbocycles. The molecule has 1 aromatic heterocycles. The van der Waals surface area contributed by atoms with Crippen molar-refractivity contribution in [2.24, 2.45) is 4.99 Å². The Balaban J connectivity index is 1.74. The van der Waals surface area contributed by atoms with Gasteiger partial charge in [-0.1, -0.05) is 88.6 Å². The van der Waals surface area contributed by atoms with E-state index in [9.17, 15) is 14.4 Å². The van der Waals surface area contributed by atoms with Crippen LogP contribution in [0.2, 0.25) is 15.1 Å². The lowest BCUT2D eigenvalue weighted by atomic mass is 9.93. The van der Waals surface area contributed by atoms with Crippen LogP contribution in [0.1, 0.15) is 29.7 Å². The first-order valence-corrected chi connectivity index (χ1v) is 14.5. The Labute approximate surface area is 258 Å². The van der Waals surface area contributed by atoms with Gasteiger partial charge in [-0.25, -0.2) is 14.6 Å². The van der Waals surface area contributed by atoms with Crippen LogP contribution < -0.4 is 19.6 Å². The summed E-state index contributed by atoms with van der Waals surface area (Å²) in [7, 11) is 0. The van der Waals surface area contributed by atoms with Gasteiger partial charge in [0.2, 0.25) is 0 Å². The molecule has 1 aliphatic rings. The van der Waals surface area contributed by atoms with E-state index in [2.05, 4.69) is 0 Å². The third kappa shape index (κ3) is 6.00. The predicted molar refractivity (Wildman–Crippen MR) is 162 cm³/mol. The van der Waals surface area contributed by atoms with Crippen molar-refractivity contribution in [2.75, 3.05) is 13.2 Å². The molecule has 1 N–H and O–H groups in total. The Hall–Kier alpha value is -3.89. The minimum absolute atomic E-state index is 0.0219. The van der Waals surface area contributed by atoms with E-state index in [1.54, 1.807) is 37.3 Å². The Kier molecular flexibility index (Phi) is 8.84. The molecule has 0 bridgehead atoms. The van der Waals surface area contributed by atoms with Crippen molar-refractivity contribution in [1.29, 1.82) is 0 Å². The molecular weight excluding hydrogens is 623 g/mol. The van der Waals surface area contributed by atoms with Gasteiger partial charge in [0.25, 0.3) is 5.56 Å². The van der Waals surface area contributed by atoms with E-state index in [1.807, 2.05) is 30.3 Å². The number of halogens is 3. The molecule has 1 atom stereocenters. The first kappa shape index (κ1) is 29.6. The lowest BCUT2D eigenvalue weighted by molar-refractivity contribution is -0.140. The molecule has 42 heavy (non-hydrogen) atoms. The number of hydrogen-bond donors (Lipinski definition) is 1. The van der Waals surface area contributed by atoms with E-state index < -0.39 is 30.1 Å². The molecule has 0 saturated carbocycles. The number of hydrogen-bond acceptors (Lipinski definition) is 7. The number of carboxylic acid groups (broad SMARTS) is 1. The fraction of sp³-hybridized carbons (Fsp3) is 0.133. The summed E-state index contributed by atoms with van der Waals surface area (Å²) in [5.74, 6) is -1.75. The number of thiazole rings is 1. The number of nitrogens with zero attached hydrogens (tertiary/aromatic N) is 2. The molecule has 0 amide bonds. The summed E-state index contributed by atoms with van der Waals surface area (Å²) < 4.78 is 12.4. The topological polar surface area (TPSA) is 107 Å². The van der Waals surface area contributed by atoms with E-state index in [0.29, 0.717) is 36.7 Å². The van der Waals surface area contributed by atoms with Crippen LogP contribution in [0, 0.1) is 0 Å². The van der Waals surface area contributed by atoms with Gasteiger partial charge >= 0.3 is 11.9 Å². The summed E-state index contributed by atoms with van der Waals surface area (Å²) in [6.45, 7) is 1.23. The van der Waals surface area contributed by atoms with E-state index >= 15 is 0 Å². The van der Waals surface area contributed by atoms with Gasteiger partial charge < -0.3 is 14.6 Å². The molecule has 5 rings (SSSR count). The first-order chi connectivity index (χ1) is 20.2. The highest BCUT2D eigenvalue weighted by atomic mass is 35.5. The van der Waals surface area contributed by atoms with Crippen molar-refractivity contribution in [3.63, 3.8) is 0 Å². The molecule has 2 heterocycles. The van der Waals surface area contributed by atoms with Gasteiger partial charge in [-0.3, -0.25) is 9.36 Å². The van der Waals surface area contributed by atoms with Crippen molar-refractivity contribution >= 4 is 69.9 Å². The second-order valence-corrected chi connectivity index (χ2v) is 11.2. The van der Waals surface area contributed by atoms with E-state index in [1.165, 1.54) is 16.7 Å². The summed E-state index contributed by atoms with van der Waals surface area (Å²) in [4.78, 5) is 43.5. The molecule has 214 valence electrons. The third-order valence-corrected chi connectivity index (χ3v) is 8.01.